The third-order valence-electron chi connectivity index (χ3n) is 4.40. The van der Waals surface area contributed by atoms with Gasteiger partial charge < -0.3 is 4.90 Å². The average Bonchev–Trinajstić information content (AvgIpc) is 3.22. The fourth-order valence-electron chi connectivity index (χ4n) is 3.22. The Morgan fingerprint density at radius 3 is 2.77 bits per heavy atom. The summed E-state index contributed by atoms with van der Waals surface area (Å²) in [5, 5.41) is 5.00. The van der Waals surface area contributed by atoms with Gasteiger partial charge in [-0.05, 0) is 36.8 Å². The van der Waals surface area contributed by atoms with Crippen molar-refractivity contribution in [3.8, 4) is 11.3 Å². The Morgan fingerprint density at radius 1 is 1.36 bits per heavy atom. The Morgan fingerprint density at radius 2 is 2.14 bits per heavy atom. The van der Waals surface area contributed by atoms with Crippen LogP contribution in [0.15, 0.2) is 30.3 Å². The van der Waals surface area contributed by atoms with E-state index < -0.39 is 0 Å². The van der Waals surface area contributed by atoms with Crippen molar-refractivity contribution >= 4 is 17.7 Å². The molecule has 0 radical (unpaired) electrons. The summed E-state index contributed by atoms with van der Waals surface area (Å²) < 4.78 is 14.6. The minimum Gasteiger partial charge on any atom is -0.332 e. The van der Waals surface area contributed by atoms with Crippen molar-refractivity contribution in [1.82, 2.24) is 14.7 Å². The smallest absolute Gasteiger partial charge is 0.272 e. The Labute approximate surface area is 132 Å². The first kappa shape index (κ1) is 13.8. The van der Waals surface area contributed by atoms with E-state index in [1.807, 2.05) is 16.7 Å². The predicted octanol–water partition coefficient (Wildman–Crippen LogP) is 2.56. The van der Waals surface area contributed by atoms with Gasteiger partial charge in [-0.2, -0.15) is 16.9 Å². The van der Waals surface area contributed by atoms with Gasteiger partial charge in [0.2, 0.25) is 0 Å². The number of aryl methyl sites for hydroxylation is 1. The van der Waals surface area contributed by atoms with Crippen LogP contribution in [0.25, 0.3) is 11.3 Å². The molecule has 2 aliphatic rings. The molecule has 2 aliphatic heterocycles. The standard InChI is InChI=1S/C16H16FN3OS/c1-19-15(16(21)20-8-13-6-12(20)9-22-13)7-14(18-19)10-2-4-11(17)5-3-10/h2-5,7,12-13H,6,8-9H2,1H3. The van der Waals surface area contributed by atoms with Gasteiger partial charge in [0, 0.05) is 36.2 Å². The first-order valence-electron chi connectivity index (χ1n) is 7.34. The van der Waals surface area contributed by atoms with Crippen LogP contribution in [-0.4, -0.2) is 44.2 Å². The Balaban J connectivity index is 1.63. The second kappa shape index (κ2) is 5.12. The van der Waals surface area contributed by atoms with Crippen LogP contribution in [0.4, 0.5) is 4.39 Å². The molecule has 0 aliphatic carbocycles. The van der Waals surface area contributed by atoms with Crippen LogP contribution in [0, 0.1) is 5.82 Å². The molecule has 2 fully saturated rings. The molecule has 2 saturated heterocycles. The summed E-state index contributed by atoms with van der Waals surface area (Å²) in [5.74, 6) is 0.816. The molecule has 3 heterocycles. The van der Waals surface area contributed by atoms with Gasteiger partial charge >= 0.3 is 0 Å². The van der Waals surface area contributed by atoms with Gasteiger partial charge in [0.1, 0.15) is 11.5 Å². The summed E-state index contributed by atoms with van der Waals surface area (Å²) in [6, 6.07) is 8.34. The van der Waals surface area contributed by atoms with Gasteiger partial charge in [-0.15, -0.1) is 0 Å². The van der Waals surface area contributed by atoms with Crippen molar-refractivity contribution in [2.45, 2.75) is 17.7 Å². The maximum atomic E-state index is 13.0. The quantitative estimate of drug-likeness (QED) is 0.854. The number of thioether (sulfide) groups is 1. The fourth-order valence-corrected chi connectivity index (χ4v) is 4.66. The van der Waals surface area contributed by atoms with Crippen LogP contribution in [0.5, 0.6) is 0 Å². The third-order valence-corrected chi connectivity index (χ3v) is 5.79. The zero-order valence-electron chi connectivity index (χ0n) is 12.2. The first-order chi connectivity index (χ1) is 10.6. The van der Waals surface area contributed by atoms with E-state index in [1.165, 1.54) is 12.1 Å². The van der Waals surface area contributed by atoms with Crippen LogP contribution in [0.1, 0.15) is 16.9 Å². The maximum Gasteiger partial charge on any atom is 0.272 e. The highest BCUT2D eigenvalue weighted by molar-refractivity contribution is 8.00. The SMILES string of the molecule is Cn1nc(-c2ccc(F)cc2)cc1C(=O)N1CC2CC1CS2. The molecule has 0 spiro atoms. The van der Waals surface area contributed by atoms with Crippen LogP contribution < -0.4 is 0 Å². The second-order valence-electron chi connectivity index (χ2n) is 5.85. The van der Waals surface area contributed by atoms with E-state index in [9.17, 15) is 9.18 Å². The number of hydrogen-bond acceptors (Lipinski definition) is 3. The number of carbonyl (C=O) groups excluding carboxylic acids is 1. The highest BCUT2D eigenvalue weighted by atomic mass is 32.2. The number of nitrogens with zero attached hydrogens (tertiary/aromatic N) is 3. The average molecular weight is 317 g/mol. The molecule has 1 amide bonds. The first-order valence-corrected chi connectivity index (χ1v) is 8.39. The summed E-state index contributed by atoms with van der Waals surface area (Å²) in [6.07, 6.45) is 1.11. The number of rotatable bonds is 2. The normalized spacial score (nSPS) is 23.3. The second-order valence-corrected chi connectivity index (χ2v) is 7.18. The zero-order chi connectivity index (χ0) is 15.3. The molecule has 114 valence electrons. The lowest BCUT2D eigenvalue weighted by atomic mass is 10.1. The number of likely N-dealkylation sites (tertiary alicyclic amines) is 1. The molecule has 2 aromatic rings. The largest absolute Gasteiger partial charge is 0.332 e. The van der Waals surface area contributed by atoms with Crippen molar-refractivity contribution in [3.05, 3.63) is 41.8 Å². The van der Waals surface area contributed by atoms with Crippen molar-refractivity contribution in [2.24, 2.45) is 7.05 Å². The van der Waals surface area contributed by atoms with Crippen molar-refractivity contribution in [1.29, 1.82) is 0 Å². The monoisotopic (exact) mass is 317 g/mol. The molecule has 1 aromatic carbocycles. The molecular weight excluding hydrogens is 301 g/mol. The molecule has 22 heavy (non-hydrogen) atoms. The van der Waals surface area contributed by atoms with Gasteiger partial charge in [0.15, 0.2) is 0 Å². The lowest BCUT2D eigenvalue weighted by molar-refractivity contribution is 0.0736. The van der Waals surface area contributed by atoms with Gasteiger partial charge in [-0.3, -0.25) is 9.48 Å². The van der Waals surface area contributed by atoms with Crippen LogP contribution in [0.2, 0.25) is 0 Å². The van der Waals surface area contributed by atoms with Crippen LogP contribution in [0.3, 0.4) is 0 Å². The molecular formula is C16H16FN3OS. The van der Waals surface area contributed by atoms with E-state index in [1.54, 1.807) is 29.9 Å². The number of hydrogen-bond donors (Lipinski definition) is 0. The number of aromatic nitrogens is 2. The van der Waals surface area contributed by atoms with E-state index in [2.05, 4.69) is 5.10 Å². The van der Waals surface area contributed by atoms with E-state index in [0.717, 1.165) is 24.3 Å². The highest BCUT2D eigenvalue weighted by Crippen LogP contribution is 2.38. The predicted molar refractivity (Wildman–Crippen MR) is 84.3 cm³/mol. The van der Waals surface area contributed by atoms with Gasteiger partial charge in [0.05, 0.1) is 5.69 Å². The van der Waals surface area contributed by atoms with E-state index >= 15 is 0 Å². The molecule has 2 atom stereocenters. The Hall–Kier alpha value is -1.82. The highest BCUT2D eigenvalue weighted by Gasteiger charge is 2.41. The Kier molecular flexibility index (Phi) is 3.22. The number of benzene rings is 1. The van der Waals surface area contributed by atoms with Crippen LogP contribution in [-0.2, 0) is 7.05 Å². The summed E-state index contributed by atoms with van der Waals surface area (Å²) in [6.45, 7) is 0.839. The molecule has 1 aromatic heterocycles. The van der Waals surface area contributed by atoms with E-state index in [4.69, 9.17) is 0 Å². The summed E-state index contributed by atoms with van der Waals surface area (Å²) in [7, 11) is 1.78. The van der Waals surface area contributed by atoms with E-state index in [0.29, 0.717) is 22.7 Å². The van der Waals surface area contributed by atoms with Crippen molar-refractivity contribution < 1.29 is 9.18 Å². The molecule has 4 nitrogen and oxygen atoms in total. The molecule has 0 saturated carbocycles. The molecule has 4 rings (SSSR count). The van der Waals surface area contributed by atoms with Crippen molar-refractivity contribution in [3.63, 3.8) is 0 Å². The molecule has 0 N–H and O–H groups in total. The van der Waals surface area contributed by atoms with Crippen molar-refractivity contribution in [2.75, 3.05) is 12.3 Å². The van der Waals surface area contributed by atoms with Gasteiger partial charge in [-0.25, -0.2) is 4.39 Å². The third kappa shape index (κ3) is 2.22. The van der Waals surface area contributed by atoms with Gasteiger partial charge in [0.25, 0.3) is 5.91 Å². The Bertz CT molecular complexity index is 727. The zero-order valence-corrected chi connectivity index (χ0v) is 13.0. The molecule has 6 heteroatoms. The fraction of sp³-hybridized carbons (Fsp3) is 0.375. The number of halogens is 1. The van der Waals surface area contributed by atoms with E-state index in [-0.39, 0.29) is 11.7 Å². The minimum atomic E-state index is -0.276. The lowest BCUT2D eigenvalue weighted by Gasteiger charge is -2.26. The number of carbonyl (C=O) groups is 1. The number of amides is 1. The topological polar surface area (TPSA) is 38.1 Å². The summed E-state index contributed by atoms with van der Waals surface area (Å²) in [5.41, 5.74) is 2.11. The maximum absolute atomic E-state index is 13.0. The van der Waals surface area contributed by atoms with Crippen LogP contribution >= 0.6 is 11.8 Å². The molecule has 2 unspecified atom stereocenters. The number of fused-ring (bicyclic) bond motifs is 2. The lowest BCUT2D eigenvalue weighted by Crippen LogP contribution is -2.39. The summed E-state index contributed by atoms with van der Waals surface area (Å²) >= 11 is 1.96. The van der Waals surface area contributed by atoms with Gasteiger partial charge in [-0.1, -0.05) is 0 Å². The summed E-state index contributed by atoms with van der Waals surface area (Å²) in [4.78, 5) is 14.7. The minimum absolute atomic E-state index is 0.0520. The molecule has 2 bridgehead atoms.